The van der Waals surface area contributed by atoms with E-state index in [0.29, 0.717) is 27.2 Å². The van der Waals surface area contributed by atoms with Gasteiger partial charge in [0.05, 0.1) is 35.7 Å². The Morgan fingerprint density at radius 3 is 2.78 bits per heavy atom. The van der Waals surface area contributed by atoms with Gasteiger partial charge < -0.3 is 15.5 Å². The van der Waals surface area contributed by atoms with Crippen LogP contribution < -0.4 is 10.6 Å². The number of aryl methyl sites for hydroxylation is 1. The second-order valence-electron chi connectivity index (χ2n) is 8.63. The Morgan fingerprint density at radius 1 is 1.17 bits per heavy atom. The normalized spacial score (nSPS) is 15.1. The van der Waals surface area contributed by atoms with Crippen molar-refractivity contribution < 1.29 is 18.4 Å². The first kappa shape index (κ1) is 23.8. The van der Waals surface area contributed by atoms with Crippen LogP contribution in [0.2, 0.25) is 0 Å². The highest BCUT2D eigenvalue weighted by Crippen LogP contribution is 2.29. The molecular formula is C24H23F2N7O2S. The first-order chi connectivity index (χ1) is 17.3. The van der Waals surface area contributed by atoms with Crippen molar-refractivity contribution in [3.8, 4) is 0 Å². The zero-order chi connectivity index (χ0) is 25.3. The number of H-pyrrole nitrogens is 1. The summed E-state index contributed by atoms with van der Waals surface area (Å²) in [6.45, 7) is 2.00. The number of pyridine rings is 1. The maximum atomic E-state index is 13.4. The summed E-state index contributed by atoms with van der Waals surface area (Å²) in [5.41, 5.74) is 2.94. The average Bonchev–Trinajstić information content (AvgIpc) is 3.51. The molecule has 1 fully saturated rings. The molecule has 0 unspecified atom stereocenters. The van der Waals surface area contributed by atoms with Gasteiger partial charge in [-0.25, -0.2) is 18.7 Å². The highest BCUT2D eigenvalue weighted by Gasteiger charge is 2.35. The number of likely N-dealkylation sites (tertiary alicyclic amines) is 1. The molecule has 0 aliphatic carbocycles. The third kappa shape index (κ3) is 5.18. The molecule has 0 spiro atoms. The number of amides is 2. The lowest BCUT2D eigenvalue weighted by molar-refractivity contribution is -0.136. The van der Waals surface area contributed by atoms with E-state index in [4.69, 9.17) is 0 Å². The van der Waals surface area contributed by atoms with Crippen molar-refractivity contribution in [2.75, 3.05) is 23.7 Å². The van der Waals surface area contributed by atoms with Crippen LogP contribution in [0, 0.1) is 6.92 Å². The number of rotatable bonds is 6. The van der Waals surface area contributed by atoms with E-state index in [1.807, 2.05) is 19.1 Å². The molecule has 0 saturated carbocycles. The van der Waals surface area contributed by atoms with Crippen LogP contribution in [0.15, 0.2) is 42.7 Å². The summed E-state index contributed by atoms with van der Waals surface area (Å²) >= 11 is 1.17. The molecule has 1 aliphatic rings. The molecule has 12 heteroatoms. The standard InChI is InChI=1S/C24H23F2N7O2S/c1-14-5-6-17-16(12-28-32-17)21(14)31-22(35)18-13-27-23(36-18)30-19-4-2-3-15(29-19)11-20(34)33-9-7-24(25,26)8-10-33/h2-6,12-13H,7-11H2,1H3,(H,28,32)(H,31,35)(H,27,29,30). The topological polar surface area (TPSA) is 116 Å². The van der Waals surface area contributed by atoms with Crippen LogP contribution in [0.25, 0.3) is 10.9 Å². The molecule has 1 aromatic carbocycles. The minimum absolute atomic E-state index is 0.0194. The van der Waals surface area contributed by atoms with Crippen LogP contribution in [-0.4, -0.2) is 55.9 Å². The molecule has 3 aromatic heterocycles. The van der Waals surface area contributed by atoms with Crippen molar-refractivity contribution >= 4 is 50.7 Å². The Hall–Kier alpha value is -3.93. The number of hydrogen-bond acceptors (Lipinski definition) is 7. The zero-order valence-electron chi connectivity index (χ0n) is 19.3. The Balaban J connectivity index is 1.22. The monoisotopic (exact) mass is 511 g/mol. The van der Waals surface area contributed by atoms with Crippen LogP contribution in [-0.2, 0) is 11.2 Å². The molecule has 2 amide bonds. The second kappa shape index (κ2) is 9.61. The van der Waals surface area contributed by atoms with E-state index in [1.54, 1.807) is 24.4 Å². The van der Waals surface area contributed by atoms with Gasteiger partial charge in [-0.1, -0.05) is 23.5 Å². The number of carbonyl (C=O) groups excluding carboxylic acids is 2. The highest BCUT2D eigenvalue weighted by molar-refractivity contribution is 7.17. The van der Waals surface area contributed by atoms with Crippen molar-refractivity contribution in [2.24, 2.45) is 0 Å². The lowest BCUT2D eigenvalue weighted by atomic mass is 10.1. The molecule has 5 rings (SSSR count). The van der Waals surface area contributed by atoms with Crippen LogP contribution in [0.5, 0.6) is 0 Å². The van der Waals surface area contributed by atoms with E-state index >= 15 is 0 Å². The Bertz CT molecular complexity index is 1420. The summed E-state index contributed by atoms with van der Waals surface area (Å²) in [5, 5.41) is 14.2. The van der Waals surface area contributed by atoms with Crippen molar-refractivity contribution in [3.05, 3.63) is 58.9 Å². The van der Waals surface area contributed by atoms with Gasteiger partial charge in [0.25, 0.3) is 11.8 Å². The van der Waals surface area contributed by atoms with E-state index in [-0.39, 0.29) is 44.2 Å². The van der Waals surface area contributed by atoms with E-state index < -0.39 is 5.92 Å². The first-order valence-electron chi connectivity index (χ1n) is 11.4. The Kier molecular flexibility index (Phi) is 6.35. The fraction of sp³-hybridized carbons (Fsp3) is 0.292. The molecule has 1 saturated heterocycles. The van der Waals surface area contributed by atoms with Gasteiger partial charge in [-0.2, -0.15) is 5.10 Å². The molecule has 36 heavy (non-hydrogen) atoms. The maximum absolute atomic E-state index is 13.4. The van der Waals surface area contributed by atoms with Gasteiger partial charge in [-0.05, 0) is 30.7 Å². The number of piperidine rings is 1. The number of aromatic amines is 1. The number of alkyl halides is 2. The quantitative estimate of drug-likeness (QED) is 0.351. The Labute approximate surface area is 208 Å². The van der Waals surface area contributed by atoms with E-state index in [2.05, 4.69) is 30.8 Å². The number of nitrogens with one attached hydrogen (secondary N) is 3. The van der Waals surface area contributed by atoms with Gasteiger partial charge in [0.15, 0.2) is 5.13 Å². The fourth-order valence-corrected chi connectivity index (χ4v) is 4.73. The van der Waals surface area contributed by atoms with Crippen LogP contribution in [0.1, 0.15) is 33.8 Å². The van der Waals surface area contributed by atoms with Gasteiger partial charge in [-0.15, -0.1) is 0 Å². The predicted molar refractivity (Wildman–Crippen MR) is 133 cm³/mol. The second-order valence-corrected chi connectivity index (χ2v) is 9.66. The van der Waals surface area contributed by atoms with Crippen molar-refractivity contribution in [3.63, 3.8) is 0 Å². The summed E-state index contributed by atoms with van der Waals surface area (Å²) in [7, 11) is 0. The molecule has 9 nitrogen and oxygen atoms in total. The number of halogens is 2. The van der Waals surface area contributed by atoms with Crippen molar-refractivity contribution in [1.29, 1.82) is 0 Å². The van der Waals surface area contributed by atoms with Gasteiger partial charge in [-0.3, -0.25) is 14.7 Å². The van der Waals surface area contributed by atoms with Crippen LogP contribution in [0.4, 0.5) is 25.4 Å². The molecule has 0 radical (unpaired) electrons. The molecule has 3 N–H and O–H groups in total. The summed E-state index contributed by atoms with van der Waals surface area (Å²) in [4.78, 5) is 36.0. The number of hydrogen-bond donors (Lipinski definition) is 3. The number of aromatic nitrogens is 4. The van der Waals surface area contributed by atoms with Gasteiger partial charge in [0.1, 0.15) is 10.7 Å². The van der Waals surface area contributed by atoms with Crippen LogP contribution in [0.3, 0.4) is 0 Å². The van der Waals surface area contributed by atoms with Gasteiger partial charge >= 0.3 is 0 Å². The van der Waals surface area contributed by atoms with Crippen LogP contribution >= 0.6 is 11.3 Å². The van der Waals surface area contributed by atoms with E-state index in [0.717, 1.165) is 16.5 Å². The minimum Gasteiger partial charge on any atom is -0.342 e. The SMILES string of the molecule is Cc1ccc2[nH]ncc2c1NC(=O)c1cnc(Nc2cccc(CC(=O)N3CCC(F)(F)CC3)n2)s1. The largest absolute Gasteiger partial charge is 0.342 e. The summed E-state index contributed by atoms with van der Waals surface area (Å²) in [5.74, 6) is -2.76. The average molecular weight is 512 g/mol. The van der Waals surface area contributed by atoms with Gasteiger partial charge in [0, 0.05) is 31.3 Å². The van der Waals surface area contributed by atoms with E-state index in [9.17, 15) is 18.4 Å². The third-order valence-corrected chi connectivity index (χ3v) is 6.93. The molecule has 1 aliphatic heterocycles. The highest BCUT2D eigenvalue weighted by atomic mass is 32.1. The molecule has 0 atom stereocenters. The van der Waals surface area contributed by atoms with Gasteiger partial charge in [0.2, 0.25) is 5.91 Å². The van der Waals surface area contributed by atoms with Crippen molar-refractivity contribution in [2.45, 2.75) is 32.1 Å². The first-order valence-corrected chi connectivity index (χ1v) is 12.2. The summed E-state index contributed by atoms with van der Waals surface area (Å²) in [6, 6.07) is 8.99. The molecule has 0 bridgehead atoms. The smallest absolute Gasteiger partial charge is 0.267 e. The van der Waals surface area contributed by atoms with E-state index in [1.165, 1.54) is 22.4 Å². The zero-order valence-corrected chi connectivity index (χ0v) is 20.2. The third-order valence-electron chi connectivity index (χ3n) is 6.02. The molecular weight excluding hydrogens is 488 g/mol. The Morgan fingerprint density at radius 2 is 1.97 bits per heavy atom. The molecule has 4 aromatic rings. The lowest BCUT2D eigenvalue weighted by Gasteiger charge is -2.31. The summed E-state index contributed by atoms with van der Waals surface area (Å²) in [6.07, 6.45) is 2.54. The number of carbonyl (C=O) groups is 2. The lowest BCUT2D eigenvalue weighted by Crippen LogP contribution is -2.43. The predicted octanol–water partition coefficient (Wildman–Crippen LogP) is 4.52. The summed E-state index contributed by atoms with van der Waals surface area (Å²) < 4.78 is 26.7. The number of nitrogens with zero attached hydrogens (tertiary/aromatic N) is 4. The molecule has 186 valence electrons. The maximum Gasteiger partial charge on any atom is 0.267 e. The number of fused-ring (bicyclic) bond motifs is 1. The number of anilines is 3. The minimum atomic E-state index is -2.70. The number of benzene rings is 1. The van der Waals surface area contributed by atoms with Crippen molar-refractivity contribution in [1.82, 2.24) is 25.1 Å². The number of thiazole rings is 1. The fourth-order valence-electron chi connectivity index (χ4n) is 4.01. The molecule has 4 heterocycles.